The average Bonchev–Trinajstić information content (AvgIpc) is 3.12. The molecule has 3 rings (SSSR count). The fourth-order valence-electron chi connectivity index (χ4n) is 2.71. The van der Waals surface area contributed by atoms with Gasteiger partial charge in [0, 0.05) is 42.7 Å². The van der Waals surface area contributed by atoms with Crippen molar-refractivity contribution >= 4 is 30.7 Å². The minimum absolute atomic E-state index is 0. The van der Waals surface area contributed by atoms with Gasteiger partial charge in [0.1, 0.15) is 0 Å². The number of hydrogen-bond acceptors (Lipinski definition) is 4. The van der Waals surface area contributed by atoms with E-state index >= 15 is 0 Å². The van der Waals surface area contributed by atoms with Crippen LogP contribution in [0, 0.1) is 0 Å². The maximum Gasteiger partial charge on any atom is 0.220 e. The zero-order valence-electron chi connectivity index (χ0n) is 15.7. The van der Waals surface area contributed by atoms with Crippen molar-refractivity contribution in [2.45, 2.75) is 19.4 Å². The number of halogens is 2. The highest BCUT2D eigenvalue weighted by Crippen LogP contribution is 2.23. The van der Waals surface area contributed by atoms with Crippen molar-refractivity contribution in [3.63, 3.8) is 0 Å². The van der Waals surface area contributed by atoms with Crippen LogP contribution in [0.3, 0.4) is 0 Å². The number of pyridine rings is 1. The first kappa shape index (κ1) is 23.6. The fourth-order valence-corrected chi connectivity index (χ4v) is 2.71. The smallest absolute Gasteiger partial charge is 0.220 e. The molecule has 3 aromatic rings. The number of amides is 1. The lowest BCUT2D eigenvalue weighted by Crippen LogP contribution is -2.23. The third-order valence-corrected chi connectivity index (χ3v) is 4.07. The van der Waals surface area contributed by atoms with E-state index in [9.17, 15) is 4.79 Å². The van der Waals surface area contributed by atoms with Crippen LogP contribution in [0.1, 0.15) is 18.4 Å². The van der Waals surface area contributed by atoms with Crippen LogP contribution in [0.25, 0.3) is 16.9 Å². The summed E-state index contributed by atoms with van der Waals surface area (Å²) in [6, 6.07) is 13.8. The minimum atomic E-state index is 0. The van der Waals surface area contributed by atoms with E-state index in [-0.39, 0.29) is 30.7 Å². The lowest BCUT2D eigenvalue weighted by Gasteiger charge is -2.05. The molecular formula is C20H25Cl2N5O. The maximum atomic E-state index is 12.0. The molecule has 0 atom stereocenters. The molecule has 6 nitrogen and oxygen atoms in total. The molecule has 2 aromatic heterocycles. The van der Waals surface area contributed by atoms with Gasteiger partial charge in [-0.3, -0.25) is 9.78 Å². The van der Waals surface area contributed by atoms with Gasteiger partial charge in [0.05, 0.1) is 11.4 Å². The molecule has 0 fully saturated rings. The Bertz CT molecular complexity index is 840. The first-order chi connectivity index (χ1) is 12.8. The number of carbonyl (C=O) groups excluding carboxylic acids is 1. The van der Waals surface area contributed by atoms with Crippen LogP contribution in [0.15, 0.2) is 61.1 Å². The number of hydrogen-bond donors (Lipinski definition) is 2. The number of nitrogens with one attached hydrogen (secondary N) is 2. The first-order valence-corrected chi connectivity index (χ1v) is 8.73. The monoisotopic (exact) mass is 421 g/mol. The molecule has 28 heavy (non-hydrogen) atoms. The molecule has 0 saturated carbocycles. The van der Waals surface area contributed by atoms with Gasteiger partial charge in [-0.05, 0) is 44.3 Å². The summed E-state index contributed by atoms with van der Waals surface area (Å²) >= 11 is 0. The van der Waals surface area contributed by atoms with Gasteiger partial charge < -0.3 is 10.6 Å². The van der Waals surface area contributed by atoms with Gasteiger partial charge in [0.25, 0.3) is 0 Å². The Morgan fingerprint density at radius 1 is 1.07 bits per heavy atom. The predicted octanol–water partition coefficient (Wildman–Crippen LogP) is 3.39. The van der Waals surface area contributed by atoms with E-state index in [2.05, 4.69) is 15.6 Å². The number of benzene rings is 1. The molecule has 8 heteroatoms. The van der Waals surface area contributed by atoms with Crippen molar-refractivity contribution in [2.75, 3.05) is 13.6 Å². The van der Waals surface area contributed by atoms with Gasteiger partial charge in [-0.1, -0.05) is 18.2 Å². The van der Waals surface area contributed by atoms with E-state index in [1.165, 1.54) is 0 Å². The van der Waals surface area contributed by atoms with Crippen molar-refractivity contribution in [3.05, 3.63) is 66.6 Å². The number of rotatable bonds is 8. The van der Waals surface area contributed by atoms with Crippen molar-refractivity contribution in [2.24, 2.45) is 0 Å². The van der Waals surface area contributed by atoms with E-state index in [0.29, 0.717) is 13.0 Å². The predicted molar refractivity (Wildman–Crippen MR) is 116 cm³/mol. The molecule has 150 valence electrons. The number of aromatic nitrogens is 3. The largest absolute Gasteiger partial charge is 0.352 e. The second-order valence-corrected chi connectivity index (χ2v) is 6.00. The molecule has 1 aromatic carbocycles. The van der Waals surface area contributed by atoms with Gasteiger partial charge in [-0.25, -0.2) is 4.68 Å². The van der Waals surface area contributed by atoms with Crippen LogP contribution in [0.2, 0.25) is 0 Å². The van der Waals surface area contributed by atoms with E-state index < -0.39 is 0 Å². The third-order valence-electron chi connectivity index (χ3n) is 4.07. The quantitative estimate of drug-likeness (QED) is 0.546. The van der Waals surface area contributed by atoms with E-state index in [4.69, 9.17) is 5.10 Å². The molecule has 0 radical (unpaired) electrons. The average molecular weight is 422 g/mol. The Balaban J connectivity index is 0.00000196. The van der Waals surface area contributed by atoms with Gasteiger partial charge in [0.15, 0.2) is 0 Å². The van der Waals surface area contributed by atoms with Crippen LogP contribution < -0.4 is 10.6 Å². The molecule has 0 spiro atoms. The molecule has 0 aliphatic heterocycles. The Morgan fingerprint density at radius 3 is 2.46 bits per heavy atom. The highest BCUT2D eigenvalue weighted by molar-refractivity contribution is 5.85. The second kappa shape index (κ2) is 12.1. The molecular weight excluding hydrogens is 397 g/mol. The van der Waals surface area contributed by atoms with Crippen LogP contribution in [0.5, 0.6) is 0 Å². The van der Waals surface area contributed by atoms with Crippen molar-refractivity contribution in [3.8, 4) is 16.9 Å². The Morgan fingerprint density at radius 2 is 1.79 bits per heavy atom. The topological polar surface area (TPSA) is 71.8 Å². The third kappa shape index (κ3) is 6.34. The van der Waals surface area contributed by atoms with Crippen LogP contribution in [0.4, 0.5) is 0 Å². The highest BCUT2D eigenvalue weighted by Gasteiger charge is 2.13. The summed E-state index contributed by atoms with van der Waals surface area (Å²) in [6.07, 6.45) is 6.80. The van der Waals surface area contributed by atoms with Gasteiger partial charge in [-0.2, -0.15) is 5.10 Å². The summed E-state index contributed by atoms with van der Waals surface area (Å²) in [5.74, 6) is 0.0494. The summed E-state index contributed by atoms with van der Waals surface area (Å²) in [5, 5.41) is 10.8. The summed E-state index contributed by atoms with van der Waals surface area (Å²) < 4.78 is 1.85. The zero-order valence-corrected chi connectivity index (χ0v) is 17.3. The summed E-state index contributed by atoms with van der Waals surface area (Å²) in [4.78, 5) is 16.1. The minimum Gasteiger partial charge on any atom is -0.352 e. The SMILES string of the molecule is CNCCCC(=O)NCc1cn(-c2ccccc2)nc1-c1ccncc1.Cl.Cl. The molecule has 1 amide bonds. The molecule has 0 aliphatic carbocycles. The van der Waals surface area contributed by atoms with Crippen molar-refractivity contribution in [1.82, 2.24) is 25.4 Å². The van der Waals surface area contributed by atoms with Crippen LogP contribution in [-0.2, 0) is 11.3 Å². The summed E-state index contributed by atoms with van der Waals surface area (Å²) in [7, 11) is 1.89. The van der Waals surface area contributed by atoms with Gasteiger partial charge >= 0.3 is 0 Å². The van der Waals surface area contributed by atoms with Gasteiger partial charge in [-0.15, -0.1) is 24.8 Å². The molecule has 2 N–H and O–H groups in total. The maximum absolute atomic E-state index is 12.0. The zero-order chi connectivity index (χ0) is 18.2. The molecule has 0 bridgehead atoms. The normalized spacial score (nSPS) is 9.89. The number of carbonyl (C=O) groups is 1. The molecule has 0 saturated heterocycles. The first-order valence-electron chi connectivity index (χ1n) is 8.73. The molecule has 0 unspecified atom stereocenters. The van der Waals surface area contributed by atoms with E-state index in [0.717, 1.165) is 35.5 Å². The second-order valence-electron chi connectivity index (χ2n) is 6.00. The van der Waals surface area contributed by atoms with Crippen LogP contribution >= 0.6 is 24.8 Å². The van der Waals surface area contributed by atoms with Gasteiger partial charge in [0.2, 0.25) is 5.91 Å². The van der Waals surface area contributed by atoms with E-state index in [1.54, 1.807) is 12.4 Å². The number of para-hydroxylation sites is 1. The Hall–Kier alpha value is -2.41. The van der Waals surface area contributed by atoms with Crippen LogP contribution in [-0.4, -0.2) is 34.3 Å². The fraction of sp³-hybridized carbons (Fsp3) is 0.250. The van der Waals surface area contributed by atoms with Crippen molar-refractivity contribution in [1.29, 1.82) is 0 Å². The lowest BCUT2D eigenvalue weighted by atomic mass is 10.1. The summed E-state index contributed by atoms with van der Waals surface area (Å²) in [6.45, 7) is 1.28. The standard InChI is InChI=1S/C20H23N5O.2ClH/c1-21-11-5-8-19(26)23-14-17-15-25(18-6-3-2-4-7-18)24-20(17)16-9-12-22-13-10-16;;/h2-4,6-7,9-10,12-13,15,21H,5,8,11,14H2,1H3,(H,23,26);2*1H. The lowest BCUT2D eigenvalue weighted by molar-refractivity contribution is -0.121. The molecule has 0 aliphatic rings. The Labute approximate surface area is 177 Å². The van der Waals surface area contributed by atoms with Crippen molar-refractivity contribution < 1.29 is 4.79 Å². The van der Waals surface area contributed by atoms with E-state index in [1.807, 2.05) is 60.4 Å². The Kier molecular flexibility index (Phi) is 10.2. The number of nitrogens with zero attached hydrogens (tertiary/aromatic N) is 3. The molecule has 2 heterocycles. The highest BCUT2D eigenvalue weighted by atomic mass is 35.5. The summed E-state index contributed by atoms with van der Waals surface area (Å²) in [5.41, 5.74) is 3.79.